The number of halogens is 1. The first-order chi connectivity index (χ1) is 9.99. The molecule has 1 aromatic heterocycles. The summed E-state index contributed by atoms with van der Waals surface area (Å²) in [4.78, 5) is 11.9. The van der Waals surface area contributed by atoms with Crippen molar-refractivity contribution >= 4 is 22.6 Å². The molecule has 0 fully saturated rings. The van der Waals surface area contributed by atoms with Gasteiger partial charge in [0.2, 0.25) is 0 Å². The fourth-order valence-electron chi connectivity index (χ4n) is 2.53. The Labute approximate surface area is 126 Å². The van der Waals surface area contributed by atoms with E-state index in [2.05, 4.69) is 0 Å². The van der Waals surface area contributed by atoms with Crippen molar-refractivity contribution in [2.45, 2.75) is 6.10 Å². The maximum atomic E-state index is 11.9. The van der Waals surface area contributed by atoms with Gasteiger partial charge in [0.05, 0.1) is 11.0 Å². The lowest BCUT2D eigenvalue weighted by atomic mass is 10.0. The number of hydrogen-bond donors (Lipinski definition) is 1. The fraction of sp³-hybridized carbons (Fsp3) is 0.188. The van der Waals surface area contributed by atoms with Gasteiger partial charge in [0.1, 0.15) is 6.10 Å². The van der Waals surface area contributed by atoms with Gasteiger partial charge in [-0.1, -0.05) is 29.8 Å². The van der Waals surface area contributed by atoms with Crippen LogP contribution in [0.15, 0.2) is 47.3 Å². The normalized spacial score (nSPS) is 12.8. The van der Waals surface area contributed by atoms with Gasteiger partial charge >= 0.3 is 5.69 Å². The molecule has 2 aromatic carbocycles. The number of aliphatic hydroxyl groups is 1. The molecule has 0 aliphatic heterocycles. The molecule has 0 aliphatic rings. The van der Waals surface area contributed by atoms with Crippen molar-refractivity contribution in [3.05, 3.63) is 69.1 Å². The number of aliphatic hydroxyl groups excluding tert-OH is 1. The van der Waals surface area contributed by atoms with E-state index in [4.69, 9.17) is 11.6 Å². The summed E-state index contributed by atoms with van der Waals surface area (Å²) in [5.74, 6) is 0. The average molecular weight is 303 g/mol. The summed E-state index contributed by atoms with van der Waals surface area (Å²) in [5.41, 5.74) is 3.07. The van der Waals surface area contributed by atoms with Crippen LogP contribution >= 0.6 is 11.6 Å². The van der Waals surface area contributed by atoms with Gasteiger partial charge in [0, 0.05) is 19.1 Å². The lowest BCUT2D eigenvalue weighted by Gasteiger charge is -2.12. The first kappa shape index (κ1) is 13.9. The predicted octanol–water partition coefficient (Wildman–Crippen LogP) is 2.61. The van der Waals surface area contributed by atoms with Crippen molar-refractivity contribution in [3.8, 4) is 0 Å². The number of rotatable bonds is 2. The third-order valence-corrected chi connectivity index (χ3v) is 4.05. The van der Waals surface area contributed by atoms with E-state index in [1.165, 1.54) is 0 Å². The average Bonchev–Trinajstić information content (AvgIpc) is 2.72. The summed E-state index contributed by atoms with van der Waals surface area (Å²) >= 11 is 5.86. The van der Waals surface area contributed by atoms with Gasteiger partial charge in [0.25, 0.3) is 0 Å². The maximum absolute atomic E-state index is 11.9. The van der Waals surface area contributed by atoms with Gasteiger partial charge in [-0.15, -0.1) is 0 Å². The smallest absolute Gasteiger partial charge is 0.328 e. The molecule has 1 atom stereocenters. The summed E-state index contributed by atoms with van der Waals surface area (Å²) in [6, 6.07) is 12.6. The molecule has 0 saturated heterocycles. The van der Waals surface area contributed by atoms with Gasteiger partial charge in [-0.2, -0.15) is 0 Å². The van der Waals surface area contributed by atoms with E-state index < -0.39 is 6.10 Å². The Morgan fingerprint density at radius 2 is 1.52 bits per heavy atom. The van der Waals surface area contributed by atoms with Crippen molar-refractivity contribution in [2.24, 2.45) is 14.1 Å². The topological polar surface area (TPSA) is 47.2 Å². The van der Waals surface area contributed by atoms with E-state index in [-0.39, 0.29) is 5.69 Å². The highest BCUT2D eigenvalue weighted by molar-refractivity contribution is 6.30. The van der Waals surface area contributed by atoms with Crippen LogP contribution in [0.5, 0.6) is 0 Å². The van der Waals surface area contributed by atoms with Crippen LogP contribution in [0.2, 0.25) is 5.02 Å². The number of aryl methyl sites for hydroxylation is 2. The van der Waals surface area contributed by atoms with Crippen LogP contribution < -0.4 is 5.69 Å². The Balaban J connectivity index is 2.10. The lowest BCUT2D eigenvalue weighted by molar-refractivity contribution is 0.220. The zero-order valence-electron chi connectivity index (χ0n) is 11.7. The second kappa shape index (κ2) is 5.06. The molecule has 3 aromatic rings. The van der Waals surface area contributed by atoms with Crippen LogP contribution in [0.1, 0.15) is 17.2 Å². The minimum atomic E-state index is -0.748. The van der Waals surface area contributed by atoms with Gasteiger partial charge < -0.3 is 5.11 Å². The van der Waals surface area contributed by atoms with Crippen LogP contribution in [0.4, 0.5) is 0 Å². The Kier molecular flexibility index (Phi) is 3.35. The third kappa shape index (κ3) is 2.26. The van der Waals surface area contributed by atoms with Gasteiger partial charge in [-0.3, -0.25) is 9.13 Å². The number of imidazole rings is 1. The monoisotopic (exact) mass is 302 g/mol. The largest absolute Gasteiger partial charge is 0.384 e. The Bertz CT molecular complexity index is 862. The highest BCUT2D eigenvalue weighted by Crippen LogP contribution is 2.25. The summed E-state index contributed by atoms with van der Waals surface area (Å²) in [6.45, 7) is 0. The van der Waals surface area contributed by atoms with Crippen molar-refractivity contribution in [3.63, 3.8) is 0 Å². The first-order valence-electron chi connectivity index (χ1n) is 6.58. The van der Waals surface area contributed by atoms with Gasteiger partial charge in [0.15, 0.2) is 0 Å². The van der Waals surface area contributed by atoms with Crippen LogP contribution in [-0.2, 0) is 14.1 Å². The van der Waals surface area contributed by atoms with Crippen molar-refractivity contribution < 1.29 is 5.11 Å². The highest BCUT2D eigenvalue weighted by atomic mass is 35.5. The molecule has 0 radical (unpaired) electrons. The van der Waals surface area contributed by atoms with Crippen molar-refractivity contribution in [1.29, 1.82) is 0 Å². The Hall–Kier alpha value is -2.04. The van der Waals surface area contributed by atoms with E-state index in [1.54, 1.807) is 47.5 Å². The number of aromatic nitrogens is 2. The molecular formula is C16H15ClN2O2. The molecule has 3 rings (SSSR count). The molecule has 0 spiro atoms. The van der Waals surface area contributed by atoms with E-state index in [9.17, 15) is 9.90 Å². The number of fused-ring (bicyclic) bond motifs is 1. The number of benzene rings is 2. The van der Waals surface area contributed by atoms with E-state index in [0.29, 0.717) is 5.02 Å². The molecule has 0 aliphatic carbocycles. The molecule has 108 valence electrons. The zero-order valence-corrected chi connectivity index (χ0v) is 12.5. The van der Waals surface area contributed by atoms with Crippen LogP contribution in [-0.4, -0.2) is 14.2 Å². The zero-order chi connectivity index (χ0) is 15.1. The molecule has 5 heteroatoms. The Morgan fingerprint density at radius 3 is 2.19 bits per heavy atom. The molecule has 1 unspecified atom stereocenters. The van der Waals surface area contributed by atoms with Crippen LogP contribution in [0, 0.1) is 0 Å². The lowest BCUT2D eigenvalue weighted by Crippen LogP contribution is -2.19. The Morgan fingerprint density at radius 1 is 0.952 bits per heavy atom. The minimum absolute atomic E-state index is 0.0804. The summed E-state index contributed by atoms with van der Waals surface area (Å²) in [7, 11) is 3.46. The quantitative estimate of drug-likeness (QED) is 0.791. The molecule has 0 bridgehead atoms. The molecule has 4 nitrogen and oxygen atoms in total. The molecule has 0 saturated carbocycles. The minimum Gasteiger partial charge on any atom is -0.384 e. The maximum Gasteiger partial charge on any atom is 0.328 e. The molecule has 1 N–H and O–H groups in total. The second-order valence-electron chi connectivity index (χ2n) is 5.10. The molecule has 1 heterocycles. The van der Waals surface area contributed by atoms with Crippen LogP contribution in [0.3, 0.4) is 0 Å². The van der Waals surface area contributed by atoms with E-state index in [0.717, 1.165) is 22.2 Å². The van der Waals surface area contributed by atoms with E-state index in [1.807, 2.05) is 18.2 Å². The second-order valence-corrected chi connectivity index (χ2v) is 5.54. The fourth-order valence-corrected chi connectivity index (χ4v) is 2.66. The van der Waals surface area contributed by atoms with Crippen LogP contribution in [0.25, 0.3) is 11.0 Å². The standard InChI is InChI=1S/C16H15ClN2O2/c1-18-13-8-5-11(9-14(13)19(2)16(18)21)15(20)10-3-6-12(17)7-4-10/h3-9,15,20H,1-2H3. The van der Waals surface area contributed by atoms with Crippen molar-refractivity contribution in [1.82, 2.24) is 9.13 Å². The molecular weight excluding hydrogens is 288 g/mol. The summed E-state index contributed by atoms with van der Waals surface area (Å²) in [6.07, 6.45) is -0.748. The summed E-state index contributed by atoms with van der Waals surface area (Å²) < 4.78 is 3.17. The number of nitrogens with zero attached hydrogens (tertiary/aromatic N) is 2. The van der Waals surface area contributed by atoms with E-state index >= 15 is 0 Å². The first-order valence-corrected chi connectivity index (χ1v) is 6.95. The van der Waals surface area contributed by atoms with Gasteiger partial charge in [-0.25, -0.2) is 4.79 Å². The summed E-state index contributed by atoms with van der Waals surface area (Å²) in [5, 5.41) is 11.1. The van der Waals surface area contributed by atoms with Gasteiger partial charge in [-0.05, 0) is 35.4 Å². The van der Waals surface area contributed by atoms with Crippen molar-refractivity contribution in [2.75, 3.05) is 0 Å². The number of hydrogen-bond acceptors (Lipinski definition) is 2. The highest BCUT2D eigenvalue weighted by Gasteiger charge is 2.14. The predicted molar refractivity (Wildman–Crippen MR) is 83.7 cm³/mol. The molecule has 21 heavy (non-hydrogen) atoms. The molecule has 0 amide bonds. The third-order valence-electron chi connectivity index (χ3n) is 3.80. The SMILES string of the molecule is Cn1c(=O)n(C)c2cc(C(O)c3ccc(Cl)cc3)ccc21.